The van der Waals surface area contributed by atoms with E-state index in [4.69, 9.17) is 11.6 Å². The van der Waals surface area contributed by atoms with Crippen molar-refractivity contribution in [3.8, 4) is 0 Å². The Bertz CT molecular complexity index is 775. The molecule has 2 amide bonds. The number of amides is 2. The van der Waals surface area contributed by atoms with Crippen molar-refractivity contribution in [1.82, 2.24) is 10.3 Å². The summed E-state index contributed by atoms with van der Waals surface area (Å²) in [6, 6.07) is 7.41. The number of rotatable bonds is 5. The second-order valence-corrected chi connectivity index (χ2v) is 6.93. The lowest BCUT2D eigenvalue weighted by Gasteiger charge is -2.10. The number of benzene rings is 1. The first-order valence-electron chi connectivity index (χ1n) is 7.91. The predicted octanol–water partition coefficient (Wildman–Crippen LogP) is 3.42. The lowest BCUT2D eigenvalue weighted by Crippen LogP contribution is -2.23. The minimum absolute atomic E-state index is 0.0782. The van der Waals surface area contributed by atoms with E-state index >= 15 is 0 Å². The third-order valence-corrected chi connectivity index (χ3v) is 5.42. The van der Waals surface area contributed by atoms with Crippen molar-refractivity contribution in [2.45, 2.75) is 32.7 Å². The third-order valence-electron chi connectivity index (χ3n) is 3.93. The summed E-state index contributed by atoms with van der Waals surface area (Å²) in [7, 11) is 0. The molecule has 1 aromatic carbocycles. The molecule has 0 saturated carbocycles. The molecule has 1 aromatic heterocycles. The largest absolute Gasteiger partial charge is 0.347 e. The number of hydrogen-bond donors (Lipinski definition) is 1. The second-order valence-electron chi connectivity index (χ2n) is 5.55. The van der Waals surface area contributed by atoms with Crippen LogP contribution in [0, 0.1) is 0 Å². The highest BCUT2D eigenvalue weighted by Gasteiger charge is 2.27. The van der Waals surface area contributed by atoms with Crippen LogP contribution in [0.4, 0.5) is 5.13 Å². The average Bonchev–Trinajstić information content (AvgIpc) is 3.19. The standard InChI is InChI=1S/C17H18ClN3O2S/c1-2-13-15(24-17(20-13)21-9-5-8-14(21)22)16(23)19-10-11-6-3-4-7-12(11)18/h3-4,6-7H,2,5,8-10H2,1H3,(H,19,23). The van der Waals surface area contributed by atoms with Gasteiger partial charge in [0.1, 0.15) is 4.88 Å². The van der Waals surface area contributed by atoms with E-state index < -0.39 is 0 Å². The monoisotopic (exact) mass is 363 g/mol. The molecule has 1 aliphatic heterocycles. The molecule has 0 aliphatic carbocycles. The van der Waals surface area contributed by atoms with E-state index in [1.807, 2.05) is 25.1 Å². The fraction of sp³-hybridized carbons (Fsp3) is 0.353. The molecule has 1 fully saturated rings. The number of hydrogen-bond acceptors (Lipinski definition) is 4. The van der Waals surface area contributed by atoms with Gasteiger partial charge in [0.25, 0.3) is 5.91 Å². The number of halogens is 1. The van der Waals surface area contributed by atoms with Gasteiger partial charge in [-0.1, -0.05) is 48.1 Å². The molecule has 2 heterocycles. The van der Waals surface area contributed by atoms with Crippen molar-refractivity contribution in [1.29, 1.82) is 0 Å². The van der Waals surface area contributed by atoms with Gasteiger partial charge in [0.15, 0.2) is 5.13 Å². The zero-order chi connectivity index (χ0) is 17.1. The van der Waals surface area contributed by atoms with Gasteiger partial charge in [-0.3, -0.25) is 14.5 Å². The number of nitrogens with zero attached hydrogens (tertiary/aromatic N) is 2. The summed E-state index contributed by atoms with van der Waals surface area (Å²) in [4.78, 5) is 31.1. The Morgan fingerprint density at radius 2 is 2.21 bits per heavy atom. The van der Waals surface area contributed by atoms with Crippen LogP contribution in [0.15, 0.2) is 24.3 Å². The third kappa shape index (κ3) is 3.44. The average molecular weight is 364 g/mol. The van der Waals surface area contributed by atoms with Crippen molar-refractivity contribution in [3.05, 3.63) is 45.4 Å². The van der Waals surface area contributed by atoms with Gasteiger partial charge in [0.2, 0.25) is 5.91 Å². The van der Waals surface area contributed by atoms with Crippen LogP contribution in [0.2, 0.25) is 5.02 Å². The smallest absolute Gasteiger partial charge is 0.263 e. The van der Waals surface area contributed by atoms with Gasteiger partial charge in [0.05, 0.1) is 5.69 Å². The summed E-state index contributed by atoms with van der Waals surface area (Å²) in [5.41, 5.74) is 1.59. The van der Waals surface area contributed by atoms with E-state index in [9.17, 15) is 9.59 Å². The van der Waals surface area contributed by atoms with Crippen molar-refractivity contribution >= 4 is 39.9 Å². The Morgan fingerprint density at radius 1 is 1.42 bits per heavy atom. The van der Waals surface area contributed by atoms with Gasteiger partial charge in [-0.2, -0.15) is 0 Å². The Hall–Kier alpha value is -1.92. The quantitative estimate of drug-likeness (QED) is 0.885. The maximum absolute atomic E-state index is 12.5. The second kappa shape index (κ2) is 7.32. The minimum atomic E-state index is -0.179. The number of carbonyl (C=O) groups excluding carboxylic acids is 2. The van der Waals surface area contributed by atoms with Gasteiger partial charge in [-0.15, -0.1) is 0 Å². The molecule has 1 N–H and O–H groups in total. The van der Waals surface area contributed by atoms with Gasteiger partial charge in [-0.05, 0) is 24.5 Å². The van der Waals surface area contributed by atoms with Crippen molar-refractivity contribution in [3.63, 3.8) is 0 Å². The maximum atomic E-state index is 12.5. The van der Waals surface area contributed by atoms with Crippen LogP contribution >= 0.6 is 22.9 Å². The molecule has 0 radical (unpaired) electrons. The van der Waals surface area contributed by atoms with Crippen LogP contribution in [0.3, 0.4) is 0 Å². The zero-order valence-electron chi connectivity index (χ0n) is 13.3. The molecule has 24 heavy (non-hydrogen) atoms. The Morgan fingerprint density at radius 3 is 2.88 bits per heavy atom. The van der Waals surface area contributed by atoms with E-state index in [1.165, 1.54) is 11.3 Å². The van der Waals surface area contributed by atoms with Crippen LogP contribution < -0.4 is 10.2 Å². The Balaban J connectivity index is 1.75. The zero-order valence-corrected chi connectivity index (χ0v) is 14.9. The van der Waals surface area contributed by atoms with Crippen LogP contribution in [0.5, 0.6) is 0 Å². The molecule has 1 aliphatic rings. The lowest BCUT2D eigenvalue weighted by atomic mass is 10.2. The van der Waals surface area contributed by atoms with E-state index in [0.29, 0.717) is 41.0 Å². The summed E-state index contributed by atoms with van der Waals surface area (Å²) in [5, 5.41) is 4.14. The molecule has 0 spiro atoms. The Labute approximate surface area is 149 Å². The molecule has 0 unspecified atom stereocenters. The van der Waals surface area contributed by atoms with E-state index in [-0.39, 0.29) is 11.8 Å². The topological polar surface area (TPSA) is 62.3 Å². The number of nitrogens with one attached hydrogen (secondary N) is 1. The van der Waals surface area contributed by atoms with Crippen molar-refractivity contribution in [2.75, 3.05) is 11.4 Å². The molecule has 5 nitrogen and oxygen atoms in total. The van der Waals surface area contributed by atoms with Crippen molar-refractivity contribution < 1.29 is 9.59 Å². The van der Waals surface area contributed by atoms with Gasteiger partial charge in [-0.25, -0.2) is 4.98 Å². The highest BCUT2D eigenvalue weighted by Crippen LogP contribution is 2.30. The first-order chi connectivity index (χ1) is 11.6. The molecule has 3 rings (SSSR count). The SMILES string of the molecule is CCc1nc(N2CCCC2=O)sc1C(=O)NCc1ccccc1Cl. The number of aromatic nitrogens is 1. The molecule has 0 bridgehead atoms. The molecule has 2 aromatic rings. The van der Waals surface area contributed by atoms with Crippen LogP contribution in [0.25, 0.3) is 0 Å². The van der Waals surface area contributed by atoms with E-state index in [0.717, 1.165) is 17.7 Å². The number of anilines is 1. The van der Waals surface area contributed by atoms with Crippen LogP contribution in [-0.2, 0) is 17.8 Å². The molecular formula is C17H18ClN3O2S. The van der Waals surface area contributed by atoms with Gasteiger partial charge >= 0.3 is 0 Å². The normalized spacial score (nSPS) is 14.2. The van der Waals surface area contributed by atoms with E-state index in [2.05, 4.69) is 10.3 Å². The Kier molecular flexibility index (Phi) is 5.16. The summed E-state index contributed by atoms with van der Waals surface area (Å²) in [6.07, 6.45) is 2.04. The summed E-state index contributed by atoms with van der Waals surface area (Å²) in [6.45, 7) is 2.99. The molecular weight excluding hydrogens is 346 g/mol. The van der Waals surface area contributed by atoms with Crippen LogP contribution in [-0.4, -0.2) is 23.3 Å². The number of carbonyl (C=O) groups is 2. The lowest BCUT2D eigenvalue weighted by molar-refractivity contribution is -0.117. The van der Waals surface area contributed by atoms with E-state index in [1.54, 1.807) is 11.0 Å². The fourth-order valence-corrected chi connectivity index (χ4v) is 3.94. The summed E-state index contributed by atoms with van der Waals surface area (Å²) < 4.78 is 0. The molecule has 126 valence electrons. The predicted molar refractivity (Wildman–Crippen MR) is 95.7 cm³/mol. The number of thiazole rings is 1. The summed E-state index contributed by atoms with van der Waals surface area (Å²) in [5.74, 6) is -0.100. The first kappa shape index (κ1) is 16.9. The highest BCUT2D eigenvalue weighted by molar-refractivity contribution is 7.17. The van der Waals surface area contributed by atoms with Crippen molar-refractivity contribution in [2.24, 2.45) is 0 Å². The summed E-state index contributed by atoms with van der Waals surface area (Å²) >= 11 is 7.39. The molecule has 1 saturated heterocycles. The molecule has 7 heteroatoms. The maximum Gasteiger partial charge on any atom is 0.263 e. The number of aryl methyl sites for hydroxylation is 1. The highest BCUT2D eigenvalue weighted by atomic mass is 35.5. The fourth-order valence-electron chi connectivity index (χ4n) is 2.62. The van der Waals surface area contributed by atoms with Crippen LogP contribution in [0.1, 0.15) is 40.7 Å². The molecule has 0 atom stereocenters. The van der Waals surface area contributed by atoms with Gasteiger partial charge in [0, 0.05) is 24.5 Å². The van der Waals surface area contributed by atoms with Gasteiger partial charge < -0.3 is 5.32 Å². The minimum Gasteiger partial charge on any atom is -0.347 e. The first-order valence-corrected chi connectivity index (χ1v) is 9.11.